The smallest absolute Gasteiger partial charge is 0.0498 e. The average molecular weight is 249 g/mol. The first kappa shape index (κ1) is 11.1. The van der Waals surface area contributed by atoms with Crippen LogP contribution in [-0.4, -0.2) is 10.1 Å². The van der Waals surface area contributed by atoms with E-state index in [0.29, 0.717) is 0 Å². The summed E-state index contributed by atoms with van der Waals surface area (Å²) in [6.07, 6.45) is 1.06. The Balaban J connectivity index is 2.28. The lowest BCUT2D eigenvalue weighted by Gasteiger charge is -2.32. The fourth-order valence-corrected chi connectivity index (χ4v) is 2.94. The Labute approximate surface area is 107 Å². The molecule has 0 fully saturated rings. The van der Waals surface area contributed by atoms with Crippen LogP contribution in [0.3, 0.4) is 0 Å². The second-order valence-corrected chi connectivity index (χ2v) is 6.00. The Hall–Kier alpha value is -0.990. The molecular weight excluding hydrogens is 232 g/mol. The molecule has 1 aromatic carbocycles. The second-order valence-electron chi connectivity index (χ2n) is 5.56. The molecule has 0 saturated carbocycles. The van der Waals surface area contributed by atoms with Gasteiger partial charge in [0.05, 0.1) is 0 Å². The summed E-state index contributed by atoms with van der Waals surface area (Å²) in [4.78, 5) is 0. The highest BCUT2D eigenvalue weighted by atomic mass is 35.5. The monoisotopic (exact) mass is 248 g/mol. The van der Waals surface area contributed by atoms with Gasteiger partial charge in [-0.15, -0.1) is 0 Å². The number of aryl methyl sites for hydroxylation is 1. The lowest BCUT2D eigenvalue weighted by Crippen LogP contribution is -2.44. The lowest BCUT2D eigenvalue weighted by molar-refractivity contribution is 0.356. The van der Waals surface area contributed by atoms with E-state index in [9.17, 15) is 0 Å². The molecule has 2 aromatic rings. The van der Waals surface area contributed by atoms with Gasteiger partial charge < -0.3 is 9.88 Å². The van der Waals surface area contributed by atoms with Crippen LogP contribution in [0.5, 0.6) is 0 Å². The quantitative estimate of drug-likeness (QED) is 0.757. The largest absolute Gasteiger partial charge is 0.347 e. The van der Waals surface area contributed by atoms with Crippen LogP contribution in [0.25, 0.3) is 10.9 Å². The van der Waals surface area contributed by atoms with Gasteiger partial charge in [-0.2, -0.15) is 0 Å². The first-order valence-electron chi connectivity index (χ1n) is 5.99. The molecule has 3 heteroatoms. The molecule has 2 nitrogen and oxygen atoms in total. The predicted octanol–water partition coefficient (Wildman–Crippen LogP) is 3.26. The van der Waals surface area contributed by atoms with Gasteiger partial charge in [0.25, 0.3) is 0 Å². The standard InChI is InChI=1S/C14H17ClN2/c1-14(2)7-13-11(8-16-14)10-5-4-9(15)6-12(10)17(13)3/h4-6,16H,7-8H2,1-3H3. The Bertz CT molecular complexity index is 596. The normalized spacial score (nSPS) is 18.4. The molecule has 2 heterocycles. The van der Waals surface area contributed by atoms with Crippen LogP contribution in [0.15, 0.2) is 18.2 Å². The summed E-state index contributed by atoms with van der Waals surface area (Å²) in [7, 11) is 2.14. The van der Waals surface area contributed by atoms with Crippen LogP contribution in [0, 0.1) is 0 Å². The number of fused-ring (bicyclic) bond motifs is 3. The Morgan fingerprint density at radius 3 is 2.88 bits per heavy atom. The van der Waals surface area contributed by atoms with E-state index >= 15 is 0 Å². The molecule has 0 saturated heterocycles. The molecule has 0 bridgehead atoms. The van der Waals surface area contributed by atoms with Crippen molar-refractivity contribution in [1.29, 1.82) is 0 Å². The van der Waals surface area contributed by atoms with Crippen molar-refractivity contribution < 1.29 is 0 Å². The molecule has 90 valence electrons. The predicted molar refractivity (Wildman–Crippen MR) is 72.6 cm³/mol. The van der Waals surface area contributed by atoms with Crippen molar-refractivity contribution in [3.8, 4) is 0 Å². The Kier molecular flexibility index (Phi) is 2.29. The molecule has 1 aliphatic rings. The third-order valence-corrected chi connectivity index (χ3v) is 3.99. The minimum Gasteiger partial charge on any atom is -0.347 e. The van der Waals surface area contributed by atoms with Gasteiger partial charge in [-0.1, -0.05) is 17.7 Å². The average Bonchev–Trinajstić information content (AvgIpc) is 2.51. The van der Waals surface area contributed by atoms with E-state index in [4.69, 9.17) is 11.6 Å². The summed E-state index contributed by atoms with van der Waals surface area (Å²) in [5, 5.41) is 5.72. The van der Waals surface area contributed by atoms with Gasteiger partial charge in [-0.25, -0.2) is 0 Å². The number of aromatic nitrogens is 1. The summed E-state index contributed by atoms with van der Waals surface area (Å²) in [6, 6.07) is 6.17. The SMILES string of the molecule is Cn1c2c(c3ccc(Cl)cc31)CNC(C)(C)C2. The molecule has 0 amide bonds. The highest BCUT2D eigenvalue weighted by Crippen LogP contribution is 2.32. The van der Waals surface area contributed by atoms with Crippen LogP contribution in [0.2, 0.25) is 5.02 Å². The van der Waals surface area contributed by atoms with Crippen LogP contribution in [0.1, 0.15) is 25.1 Å². The van der Waals surface area contributed by atoms with Crippen molar-refractivity contribution in [3.05, 3.63) is 34.5 Å². The number of rotatable bonds is 0. The number of nitrogens with one attached hydrogen (secondary N) is 1. The molecule has 0 spiro atoms. The summed E-state index contributed by atoms with van der Waals surface area (Å²) in [6.45, 7) is 5.45. The Morgan fingerprint density at radius 1 is 1.35 bits per heavy atom. The molecule has 0 radical (unpaired) electrons. The zero-order chi connectivity index (χ0) is 12.2. The van der Waals surface area contributed by atoms with E-state index < -0.39 is 0 Å². The van der Waals surface area contributed by atoms with Crippen LogP contribution in [0.4, 0.5) is 0 Å². The Morgan fingerprint density at radius 2 is 2.12 bits per heavy atom. The van der Waals surface area contributed by atoms with Crippen LogP contribution in [-0.2, 0) is 20.0 Å². The molecule has 1 aromatic heterocycles. The topological polar surface area (TPSA) is 17.0 Å². The van der Waals surface area contributed by atoms with Gasteiger partial charge in [0.1, 0.15) is 0 Å². The van der Waals surface area contributed by atoms with E-state index in [1.807, 2.05) is 6.07 Å². The summed E-state index contributed by atoms with van der Waals surface area (Å²) in [5.41, 5.74) is 4.28. The number of nitrogens with zero attached hydrogens (tertiary/aromatic N) is 1. The van der Waals surface area contributed by atoms with Crippen molar-refractivity contribution >= 4 is 22.5 Å². The second kappa shape index (κ2) is 3.50. The maximum Gasteiger partial charge on any atom is 0.0498 e. The van der Waals surface area contributed by atoms with Crippen LogP contribution >= 0.6 is 11.6 Å². The highest BCUT2D eigenvalue weighted by molar-refractivity contribution is 6.31. The molecule has 0 unspecified atom stereocenters. The molecule has 3 rings (SSSR count). The van der Waals surface area contributed by atoms with Gasteiger partial charge >= 0.3 is 0 Å². The maximum atomic E-state index is 6.08. The fraction of sp³-hybridized carbons (Fsp3) is 0.429. The summed E-state index contributed by atoms with van der Waals surface area (Å²) in [5.74, 6) is 0. The van der Waals surface area contributed by atoms with E-state index in [0.717, 1.165) is 18.0 Å². The zero-order valence-corrected chi connectivity index (χ0v) is 11.2. The van der Waals surface area contributed by atoms with Crippen molar-refractivity contribution in [2.75, 3.05) is 0 Å². The van der Waals surface area contributed by atoms with E-state index in [1.165, 1.54) is 22.2 Å². The van der Waals surface area contributed by atoms with Gasteiger partial charge in [-0.3, -0.25) is 0 Å². The molecule has 1 N–H and O–H groups in total. The van der Waals surface area contributed by atoms with E-state index in [-0.39, 0.29) is 5.54 Å². The minimum atomic E-state index is 0.179. The third-order valence-electron chi connectivity index (χ3n) is 3.75. The number of benzene rings is 1. The highest BCUT2D eigenvalue weighted by Gasteiger charge is 2.28. The van der Waals surface area contributed by atoms with Crippen molar-refractivity contribution in [1.82, 2.24) is 9.88 Å². The van der Waals surface area contributed by atoms with Gasteiger partial charge in [0.15, 0.2) is 0 Å². The van der Waals surface area contributed by atoms with Gasteiger partial charge in [0, 0.05) is 47.2 Å². The molecule has 17 heavy (non-hydrogen) atoms. The zero-order valence-electron chi connectivity index (χ0n) is 10.5. The maximum absolute atomic E-state index is 6.08. The van der Waals surface area contributed by atoms with E-state index in [1.54, 1.807) is 0 Å². The number of hydrogen-bond donors (Lipinski definition) is 1. The first-order valence-corrected chi connectivity index (χ1v) is 6.36. The summed E-state index contributed by atoms with van der Waals surface area (Å²) < 4.78 is 2.29. The van der Waals surface area contributed by atoms with Crippen molar-refractivity contribution in [3.63, 3.8) is 0 Å². The lowest BCUT2D eigenvalue weighted by atomic mass is 9.91. The third kappa shape index (κ3) is 1.67. The molecular formula is C14H17ClN2. The van der Waals surface area contributed by atoms with Gasteiger partial charge in [0.2, 0.25) is 0 Å². The first-order chi connectivity index (χ1) is 7.98. The van der Waals surface area contributed by atoms with Crippen molar-refractivity contribution in [2.45, 2.75) is 32.4 Å². The molecule has 0 aliphatic carbocycles. The molecule has 0 atom stereocenters. The minimum absolute atomic E-state index is 0.179. The van der Waals surface area contributed by atoms with Crippen molar-refractivity contribution in [2.24, 2.45) is 7.05 Å². The fourth-order valence-electron chi connectivity index (χ4n) is 2.77. The number of halogens is 1. The van der Waals surface area contributed by atoms with Gasteiger partial charge in [-0.05, 0) is 31.5 Å². The molecule has 1 aliphatic heterocycles. The van der Waals surface area contributed by atoms with E-state index in [2.05, 4.69) is 42.9 Å². The van der Waals surface area contributed by atoms with Crippen LogP contribution < -0.4 is 5.32 Å². The summed E-state index contributed by atoms with van der Waals surface area (Å²) >= 11 is 6.08. The number of hydrogen-bond acceptors (Lipinski definition) is 1.